The molecule has 138 valence electrons. The molecule has 1 aliphatic carbocycles. The van der Waals surface area contributed by atoms with Crippen LogP contribution < -0.4 is 9.47 Å². The van der Waals surface area contributed by atoms with Crippen LogP contribution in [0.1, 0.15) is 28.8 Å². The molecule has 0 unspecified atom stereocenters. The molecule has 1 saturated carbocycles. The minimum absolute atomic E-state index is 0.0202. The van der Waals surface area contributed by atoms with Gasteiger partial charge in [-0.05, 0) is 71.3 Å². The van der Waals surface area contributed by atoms with Gasteiger partial charge < -0.3 is 14.4 Å². The molecule has 0 aliphatic heterocycles. The monoisotopic (exact) mass is 473 g/mol. The van der Waals surface area contributed by atoms with Crippen LogP contribution in [-0.4, -0.2) is 30.6 Å². The van der Waals surface area contributed by atoms with Crippen molar-refractivity contribution in [1.82, 2.24) is 4.90 Å². The molecule has 0 saturated heterocycles. The van der Waals surface area contributed by atoms with E-state index in [9.17, 15) is 13.6 Å². The molecular formula is C19H18F2INO3. The summed E-state index contributed by atoms with van der Waals surface area (Å²) in [5.74, 6) is 0.173. The largest absolute Gasteiger partial charge is 0.493 e. The average molecular weight is 473 g/mol. The van der Waals surface area contributed by atoms with E-state index in [1.165, 1.54) is 13.2 Å². The highest BCUT2D eigenvalue weighted by Crippen LogP contribution is 2.33. The number of carbonyl (C=O) groups is 1. The van der Waals surface area contributed by atoms with Crippen molar-refractivity contribution < 1.29 is 23.0 Å². The van der Waals surface area contributed by atoms with Crippen LogP contribution in [0.25, 0.3) is 0 Å². The number of ether oxygens (including phenoxy) is 2. The Labute approximate surface area is 164 Å². The molecule has 0 radical (unpaired) electrons. The maximum Gasteiger partial charge on any atom is 0.387 e. The molecule has 0 N–H and O–H groups in total. The van der Waals surface area contributed by atoms with Crippen LogP contribution >= 0.6 is 22.6 Å². The summed E-state index contributed by atoms with van der Waals surface area (Å²) in [4.78, 5) is 14.7. The zero-order valence-electron chi connectivity index (χ0n) is 14.1. The molecule has 4 nitrogen and oxygen atoms in total. The van der Waals surface area contributed by atoms with E-state index in [4.69, 9.17) is 4.74 Å². The molecule has 2 aromatic rings. The summed E-state index contributed by atoms with van der Waals surface area (Å²) in [5.41, 5.74) is 1.45. The number of halogens is 3. The summed E-state index contributed by atoms with van der Waals surface area (Å²) in [5, 5.41) is 0. The first-order valence-corrected chi connectivity index (χ1v) is 9.24. The Hall–Kier alpha value is -1.90. The van der Waals surface area contributed by atoms with Crippen LogP contribution in [0.4, 0.5) is 8.78 Å². The van der Waals surface area contributed by atoms with Gasteiger partial charge in [-0.3, -0.25) is 4.79 Å². The van der Waals surface area contributed by atoms with Crippen molar-refractivity contribution in [3.63, 3.8) is 0 Å². The molecule has 0 heterocycles. The fourth-order valence-electron chi connectivity index (χ4n) is 2.74. The lowest BCUT2D eigenvalue weighted by molar-refractivity contribution is -0.0512. The third-order valence-corrected chi connectivity index (χ3v) is 4.79. The number of benzene rings is 2. The van der Waals surface area contributed by atoms with E-state index >= 15 is 0 Å². The number of hydrogen-bond acceptors (Lipinski definition) is 3. The number of nitrogens with zero attached hydrogens (tertiary/aromatic N) is 1. The topological polar surface area (TPSA) is 38.8 Å². The normalized spacial score (nSPS) is 13.6. The molecule has 2 aromatic carbocycles. The van der Waals surface area contributed by atoms with E-state index < -0.39 is 6.61 Å². The molecule has 1 aliphatic rings. The fraction of sp³-hybridized carbons (Fsp3) is 0.316. The van der Waals surface area contributed by atoms with E-state index in [1.54, 1.807) is 18.2 Å². The van der Waals surface area contributed by atoms with Crippen molar-refractivity contribution in [1.29, 1.82) is 0 Å². The van der Waals surface area contributed by atoms with E-state index in [1.807, 2.05) is 23.1 Å². The number of methoxy groups -OCH3 is 1. The van der Waals surface area contributed by atoms with Crippen LogP contribution in [0.3, 0.4) is 0 Å². The SMILES string of the molecule is COc1cc(CN(C(=O)c2cccc(I)c2)C2CC2)ccc1OC(F)F. The highest BCUT2D eigenvalue weighted by molar-refractivity contribution is 14.1. The van der Waals surface area contributed by atoms with Crippen molar-refractivity contribution in [2.45, 2.75) is 32.0 Å². The van der Waals surface area contributed by atoms with Gasteiger partial charge in [-0.25, -0.2) is 0 Å². The van der Waals surface area contributed by atoms with Gasteiger partial charge in [-0.1, -0.05) is 12.1 Å². The predicted molar refractivity (Wildman–Crippen MR) is 102 cm³/mol. The van der Waals surface area contributed by atoms with Gasteiger partial charge in [0.2, 0.25) is 0 Å². The molecule has 26 heavy (non-hydrogen) atoms. The summed E-state index contributed by atoms with van der Waals surface area (Å²) in [6.45, 7) is -2.53. The van der Waals surface area contributed by atoms with Gasteiger partial charge in [0.25, 0.3) is 5.91 Å². The van der Waals surface area contributed by atoms with Gasteiger partial charge in [0.1, 0.15) is 0 Å². The van der Waals surface area contributed by atoms with E-state index in [0.717, 1.165) is 22.0 Å². The summed E-state index contributed by atoms with van der Waals surface area (Å²) < 4.78 is 35.5. The number of hydrogen-bond donors (Lipinski definition) is 0. The zero-order valence-corrected chi connectivity index (χ0v) is 16.3. The Morgan fingerprint density at radius 3 is 2.62 bits per heavy atom. The van der Waals surface area contributed by atoms with Gasteiger partial charge >= 0.3 is 6.61 Å². The number of rotatable bonds is 7. The Balaban J connectivity index is 1.81. The maximum atomic E-state index is 12.9. The number of amides is 1. The summed E-state index contributed by atoms with van der Waals surface area (Å²) in [7, 11) is 1.40. The van der Waals surface area contributed by atoms with Gasteiger partial charge in [0, 0.05) is 21.7 Å². The van der Waals surface area contributed by atoms with Crippen molar-refractivity contribution >= 4 is 28.5 Å². The molecule has 1 amide bonds. The molecule has 0 spiro atoms. The third-order valence-electron chi connectivity index (χ3n) is 4.12. The minimum Gasteiger partial charge on any atom is -0.493 e. The Morgan fingerprint density at radius 2 is 2.00 bits per heavy atom. The summed E-state index contributed by atoms with van der Waals surface area (Å²) >= 11 is 2.18. The van der Waals surface area contributed by atoms with E-state index in [0.29, 0.717) is 12.1 Å². The molecular weight excluding hydrogens is 455 g/mol. The van der Waals surface area contributed by atoms with Crippen LogP contribution in [0.15, 0.2) is 42.5 Å². The summed E-state index contributed by atoms with van der Waals surface area (Å²) in [6, 6.07) is 12.4. The Morgan fingerprint density at radius 1 is 1.23 bits per heavy atom. The van der Waals surface area contributed by atoms with Crippen molar-refractivity contribution in [3.05, 3.63) is 57.2 Å². The lowest BCUT2D eigenvalue weighted by atomic mass is 10.1. The molecule has 0 aromatic heterocycles. The van der Waals surface area contributed by atoms with Crippen molar-refractivity contribution in [3.8, 4) is 11.5 Å². The van der Waals surface area contributed by atoms with E-state index in [-0.39, 0.29) is 23.4 Å². The Bertz CT molecular complexity index is 796. The van der Waals surface area contributed by atoms with Crippen LogP contribution in [0.2, 0.25) is 0 Å². The highest BCUT2D eigenvalue weighted by Gasteiger charge is 2.33. The predicted octanol–water partition coefficient (Wildman–Crippen LogP) is 4.71. The van der Waals surface area contributed by atoms with Crippen LogP contribution in [0.5, 0.6) is 11.5 Å². The second kappa shape index (κ2) is 8.20. The minimum atomic E-state index is -2.92. The lowest BCUT2D eigenvalue weighted by Crippen LogP contribution is -2.32. The van der Waals surface area contributed by atoms with E-state index in [2.05, 4.69) is 27.3 Å². The highest BCUT2D eigenvalue weighted by atomic mass is 127. The van der Waals surface area contributed by atoms with Crippen LogP contribution in [0, 0.1) is 3.57 Å². The maximum absolute atomic E-state index is 12.9. The lowest BCUT2D eigenvalue weighted by Gasteiger charge is -2.23. The van der Waals surface area contributed by atoms with Gasteiger partial charge in [-0.2, -0.15) is 8.78 Å². The average Bonchev–Trinajstić information content (AvgIpc) is 3.44. The van der Waals surface area contributed by atoms with Gasteiger partial charge in [0.05, 0.1) is 7.11 Å². The molecule has 0 bridgehead atoms. The zero-order chi connectivity index (χ0) is 18.7. The fourth-order valence-corrected chi connectivity index (χ4v) is 3.28. The molecule has 0 atom stereocenters. The second-order valence-corrected chi connectivity index (χ2v) is 7.28. The van der Waals surface area contributed by atoms with Gasteiger partial charge in [-0.15, -0.1) is 0 Å². The standard InChI is InChI=1S/C19H18F2INO3/c1-25-17-9-12(5-8-16(17)26-19(20)21)11-23(15-6-7-15)18(24)13-3-2-4-14(22)10-13/h2-5,8-10,15,19H,6-7,11H2,1H3. The number of alkyl halides is 2. The van der Waals surface area contributed by atoms with Crippen molar-refractivity contribution in [2.75, 3.05) is 7.11 Å². The first-order chi connectivity index (χ1) is 12.5. The summed E-state index contributed by atoms with van der Waals surface area (Å²) in [6.07, 6.45) is 1.94. The van der Waals surface area contributed by atoms with Gasteiger partial charge in [0.15, 0.2) is 11.5 Å². The first-order valence-electron chi connectivity index (χ1n) is 8.16. The van der Waals surface area contributed by atoms with Crippen molar-refractivity contribution in [2.24, 2.45) is 0 Å². The Kier molecular flexibility index (Phi) is 5.95. The molecule has 3 rings (SSSR count). The number of carbonyl (C=O) groups excluding carboxylic acids is 1. The molecule has 1 fully saturated rings. The second-order valence-electron chi connectivity index (χ2n) is 6.04. The first kappa shape index (κ1) is 18.9. The molecule has 7 heteroatoms. The van der Waals surface area contributed by atoms with Crippen LogP contribution in [-0.2, 0) is 6.54 Å². The quantitative estimate of drug-likeness (QED) is 0.548. The smallest absolute Gasteiger partial charge is 0.387 e. The third kappa shape index (κ3) is 4.63.